The second-order valence-corrected chi connectivity index (χ2v) is 3.89. The van der Waals surface area contributed by atoms with E-state index < -0.39 is 0 Å². The first-order chi connectivity index (χ1) is 6.77. The molecule has 0 spiro atoms. The van der Waals surface area contributed by atoms with E-state index in [0.717, 1.165) is 13.0 Å². The second kappa shape index (κ2) is 3.92. The third kappa shape index (κ3) is 1.85. The summed E-state index contributed by atoms with van der Waals surface area (Å²) in [5, 5.41) is 7.38. The Hall–Kier alpha value is -1.16. The molecule has 1 aliphatic rings. The number of nitrogens with zero attached hydrogens (tertiary/aromatic N) is 3. The van der Waals surface area contributed by atoms with E-state index in [9.17, 15) is 4.79 Å². The minimum atomic E-state index is -0.0111. The molecule has 1 aromatic heterocycles. The van der Waals surface area contributed by atoms with E-state index in [1.807, 2.05) is 0 Å². The van der Waals surface area contributed by atoms with Crippen LogP contribution in [0.4, 0.5) is 0 Å². The summed E-state index contributed by atoms with van der Waals surface area (Å²) >= 11 is 5.92. The second-order valence-electron chi connectivity index (χ2n) is 3.27. The highest BCUT2D eigenvalue weighted by atomic mass is 35.5. The van der Waals surface area contributed by atoms with Crippen molar-refractivity contribution >= 4 is 17.5 Å². The number of rotatable bonds is 1. The number of alkyl halides is 1. The molecule has 1 saturated heterocycles. The van der Waals surface area contributed by atoms with Gasteiger partial charge in [0.25, 0.3) is 5.91 Å². The van der Waals surface area contributed by atoms with Gasteiger partial charge in [-0.1, -0.05) is 0 Å². The molecule has 1 atom stereocenters. The third-order valence-corrected chi connectivity index (χ3v) is 2.61. The van der Waals surface area contributed by atoms with Gasteiger partial charge in [-0.05, 0) is 12.5 Å². The van der Waals surface area contributed by atoms with Gasteiger partial charge in [0.2, 0.25) is 0 Å². The lowest BCUT2D eigenvalue weighted by atomic mass is 10.3. The molecule has 0 aliphatic carbocycles. The molecule has 74 valence electrons. The van der Waals surface area contributed by atoms with Crippen molar-refractivity contribution in [1.29, 1.82) is 0 Å². The van der Waals surface area contributed by atoms with Gasteiger partial charge in [0, 0.05) is 13.1 Å². The van der Waals surface area contributed by atoms with Gasteiger partial charge >= 0.3 is 0 Å². The maximum absolute atomic E-state index is 11.8. The van der Waals surface area contributed by atoms with Crippen molar-refractivity contribution in [1.82, 2.24) is 15.1 Å². The minimum absolute atomic E-state index is 0.0111. The number of amides is 1. The molecule has 0 saturated carbocycles. The number of halogens is 1. The van der Waals surface area contributed by atoms with Crippen LogP contribution in [0.5, 0.6) is 0 Å². The molecule has 0 bridgehead atoms. The topological polar surface area (TPSA) is 46.1 Å². The Labute approximate surface area is 86.9 Å². The lowest BCUT2D eigenvalue weighted by molar-refractivity contribution is 0.0792. The van der Waals surface area contributed by atoms with E-state index in [0.29, 0.717) is 12.1 Å². The standard InChI is InChI=1S/C9H10ClN3O/c10-8-2-4-13(6-8)9(14)7-1-3-11-12-5-7/h1,3,5,8H,2,4,6H2. The quantitative estimate of drug-likeness (QED) is 0.650. The fraction of sp³-hybridized carbons (Fsp3) is 0.444. The van der Waals surface area contributed by atoms with E-state index in [1.54, 1.807) is 11.0 Å². The monoisotopic (exact) mass is 211 g/mol. The van der Waals surface area contributed by atoms with Crippen molar-refractivity contribution in [2.75, 3.05) is 13.1 Å². The summed E-state index contributed by atoms with van der Waals surface area (Å²) in [6, 6.07) is 1.66. The summed E-state index contributed by atoms with van der Waals surface area (Å²) in [6.45, 7) is 1.36. The Kier molecular flexibility index (Phi) is 2.63. The molecular formula is C9H10ClN3O. The van der Waals surface area contributed by atoms with Crippen LogP contribution in [0.3, 0.4) is 0 Å². The number of hydrogen-bond donors (Lipinski definition) is 0. The lowest BCUT2D eigenvalue weighted by Crippen LogP contribution is -2.28. The van der Waals surface area contributed by atoms with E-state index in [1.165, 1.54) is 12.4 Å². The Morgan fingerprint density at radius 1 is 1.57 bits per heavy atom. The fourth-order valence-electron chi connectivity index (χ4n) is 1.50. The van der Waals surface area contributed by atoms with Crippen molar-refractivity contribution in [3.63, 3.8) is 0 Å². The molecule has 1 unspecified atom stereocenters. The molecule has 1 amide bonds. The Bertz CT molecular complexity index is 330. The average molecular weight is 212 g/mol. The first kappa shape index (κ1) is 9.40. The summed E-state index contributed by atoms with van der Waals surface area (Å²) < 4.78 is 0. The number of carbonyl (C=O) groups is 1. The molecule has 2 rings (SSSR count). The van der Waals surface area contributed by atoms with Gasteiger partial charge in [0.1, 0.15) is 0 Å². The Balaban J connectivity index is 2.10. The van der Waals surface area contributed by atoms with Gasteiger partial charge < -0.3 is 4.90 Å². The number of aromatic nitrogens is 2. The van der Waals surface area contributed by atoms with Gasteiger partial charge in [0.15, 0.2) is 0 Å². The van der Waals surface area contributed by atoms with Crippen LogP contribution in [0.25, 0.3) is 0 Å². The van der Waals surface area contributed by atoms with Crippen LogP contribution in [0.2, 0.25) is 0 Å². The van der Waals surface area contributed by atoms with Gasteiger partial charge in [-0.2, -0.15) is 10.2 Å². The summed E-state index contributed by atoms with van der Waals surface area (Å²) in [7, 11) is 0. The van der Waals surface area contributed by atoms with Crippen LogP contribution in [-0.2, 0) is 0 Å². The van der Waals surface area contributed by atoms with Gasteiger partial charge in [-0.15, -0.1) is 11.6 Å². The first-order valence-corrected chi connectivity index (χ1v) is 4.91. The highest BCUT2D eigenvalue weighted by Gasteiger charge is 2.25. The molecule has 1 aromatic rings. The van der Waals surface area contributed by atoms with Crippen LogP contribution in [0, 0.1) is 0 Å². The number of likely N-dealkylation sites (tertiary alicyclic amines) is 1. The molecule has 1 fully saturated rings. The van der Waals surface area contributed by atoms with Crippen LogP contribution in [0.15, 0.2) is 18.5 Å². The predicted molar refractivity (Wildman–Crippen MR) is 52.2 cm³/mol. The number of hydrogen-bond acceptors (Lipinski definition) is 3. The zero-order chi connectivity index (χ0) is 9.97. The van der Waals surface area contributed by atoms with E-state index in [4.69, 9.17) is 11.6 Å². The van der Waals surface area contributed by atoms with E-state index in [2.05, 4.69) is 10.2 Å². The van der Waals surface area contributed by atoms with Crippen molar-refractivity contribution < 1.29 is 4.79 Å². The third-order valence-electron chi connectivity index (χ3n) is 2.25. The maximum Gasteiger partial charge on any atom is 0.255 e. The van der Waals surface area contributed by atoms with Gasteiger partial charge in [0.05, 0.1) is 23.3 Å². The van der Waals surface area contributed by atoms with Crippen LogP contribution >= 0.6 is 11.6 Å². The van der Waals surface area contributed by atoms with E-state index in [-0.39, 0.29) is 11.3 Å². The Morgan fingerprint density at radius 2 is 2.43 bits per heavy atom. The maximum atomic E-state index is 11.8. The van der Waals surface area contributed by atoms with Crippen LogP contribution in [0.1, 0.15) is 16.8 Å². The predicted octanol–water partition coefficient (Wildman–Crippen LogP) is 0.930. The zero-order valence-electron chi connectivity index (χ0n) is 7.56. The Morgan fingerprint density at radius 3 is 3.00 bits per heavy atom. The van der Waals surface area contributed by atoms with E-state index >= 15 is 0 Å². The molecule has 14 heavy (non-hydrogen) atoms. The highest BCUT2D eigenvalue weighted by molar-refractivity contribution is 6.21. The smallest absolute Gasteiger partial charge is 0.255 e. The zero-order valence-corrected chi connectivity index (χ0v) is 8.31. The van der Waals surface area contributed by atoms with Crippen molar-refractivity contribution in [2.45, 2.75) is 11.8 Å². The largest absolute Gasteiger partial charge is 0.337 e. The minimum Gasteiger partial charge on any atom is -0.337 e. The molecule has 5 heteroatoms. The van der Waals surface area contributed by atoms with Crippen molar-refractivity contribution in [2.24, 2.45) is 0 Å². The molecule has 0 N–H and O–H groups in total. The molecule has 2 heterocycles. The molecule has 4 nitrogen and oxygen atoms in total. The lowest BCUT2D eigenvalue weighted by Gasteiger charge is -2.14. The first-order valence-electron chi connectivity index (χ1n) is 4.47. The van der Waals surface area contributed by atoms with Crippen LogP contribution in [-0.4, -0.2) is 39.5 Å². The molecular weight excluding hydrogens is 202 g/mol. The number of carbonyl (C=O) groups excluding carboxylic acids is 1. The normalized spacial score (nSPS) is 21.2. The SMILES string of the molecule is O=C(c1ccnnc1)N1CCC(Cl)C1. The summed E-state index contributed by atoms with van der Waals surface area (Å²) in [4.78, 5) is 13.5. The molecule has 0 radical (unpaired) electrons. The summed E-state index contributed by atoms with van der Waals surface area (Å²) in [5.41, 5.74) is 0.575. The summed E-state index contributed by atoms with van der Waals surface area (Å²) in [5.74, 6) is -0.0111. The van der Waals surface area contributed by atoms with Gasteiger partial charge in [-0.3, -0.25) is 4.79 Å². The van der Waals surface area contributed by atoms with Crippen LogP contribution < -0.4 is 0 Å². The molecule has 1 aliphatic heterocycles. The average Bonchev–Trinajstić information content (AvgIpc) is 2.65. The van der Waals surface area contributed by atoms with Crippen molar-refractivity contribution in [3.05, 3.63) is 24.0 Å². The van der Waals surface area contributed by atoms with Gasteiger partial charge in [-0.25, -0.2) is 0 Å². The summed E-state index contributed by atoms with van der Waals surface area (Å²) in [6.07, 6.45) is 3.86. The fourth-order valence-corrected chi connectivity index (χ4v) is 1.77. The molecule has 0 aromatic carbocycles. The highest BCUT2D eigenvalue weighted by Crippen LogP contribution is 2.16. The van der Waals surface area contributed by atoms with Crippen molar-refractivity contribution in [3.8, 4) is 0 Å².